The summed E-state index contributed by atoms with van der Waals surface area (Å²) < 4.78 is 7.54. The number of pyridine rings is 1. The van der Waals surface area contributed by atoms with Gasteiger partial charge in [0.25, 0.3) is 0 Å². The van der Waals surface area contributed by atoms with Crippen LogP contribution in [0.1, 0.15) is 61.3 Å². The number of nitrogens with one attached hydrogen (secondary N) is 1. The Kier molecular flexibility index (Phi) is 5.84. The topological polar surface area (TPSA) is 55.6 Å². The fraction of sp³-hybridized carbons (Fsp3) is 0.417. The van der Waals surface area contributed by atoms with Crippen molar-refractivity contribution in [2.24, 2.45) is 0 Å². The van der Waals surface area contributed by atoms with E-state index in [-0.39, 0.29) is 11.8 Å². The lowest BCUT2D eigenvalue weighted by Gasteiger charge is -2.24. The quantitative estimate of drug-likeness (QED) is 0.667. The molecule has 29 heavy (non-hydrogen) atoms. The third-order valence-electron chi connectivity index (χ3n) is 5.97. The van der Waals surface area contributed by atoms with E-state index < -0.39 is 0 Å². The van der Waals surface area contributed by atoms with Crippen molar-refractivity contribution in [3.05, 3.63) is 65.6 Å². The smallest absolute Gasteiger partial charge is 0.221 e. The Hall–Kier alpha value is -2.82. The van der Waals surface area contributed by atoms with Gasteiger partial charge in [-0.1, -0.05) is 37.5 Å². The fourth-order valence-corrected chi connectivity index (χ4v) is 4.40. The van der Waals surface area contributed by atoms with Gasteiger partial charge in [0.05, 0.1) is 12.8 Å². The molecule has 0 spiro atoms. The van der Waals surface area contributed by atoms with Gasteiger partial charge in [-0.05, 0) is 49.1 Å². The minimum atomic E-state index is -0.0921. The second kappa shape index (κ2) is 8.68. The van der Waals surface area contributed by atoms with Crippen molar-refractivity contribution in [2.45, 2.75) is 57.4 Å². The molecule has 1 fully saturated rings. The minimum absolute atomic E-state index is 0.0921. The van der Waals surface area contributed by atoms with Crippen molar-refractivity contribution < 1.29 is 9.53 Å². The zero-order valence-electron chi connectivity index (χ0n) is 17.2. The van der Waals surface area contributed by atoms with Gasteiger partial charge >= 0.3 is 0 Å². The summed E-state index contributed by atoms with van der Waals surface area (Å²) >= 11 is 0. The normalized spacial score (nSPS) is 15.9. The van der Waals surface area contributed by atoms with Crippen LogP contribution in [-0.2, 0) is 4.79 Å². The van der Waals surface area contributed by atoms with Crippen LogP contribution < -0.4 is 10.1 Å². The lowest BCUT2D eigenvalue weighted by molar-refractivity contribution is -0.122. The molecule has 3 aromatic rings. The first-order valence-corrected chi connectivity index (χ1v) is 10.5. The average molecular weight is 392 g/mol. The van der Waals surface area contributed by atoms with Gasteiger partial charge in [-0.2, -0.15) is 0 Å². The van der Waals surface area contributed by atoms with E-state index in [9.17, 15) is 4.79 Å². The van der Waals surface area contributed by atoms with Gasteiger partial charge in [-0.25, -0.2) is 4.98 Å². The molecule has 1 saturated carbocycles. The molecule has 5 heteroatoms. The van der Waals surface area contributed by atoms with Crippen LogP contribution in [-0.4, -0.2) is 28.4 Å². The Labute approximate surface area is 172 Å². The molecule has 1 unspecified atom stereocenters. The molecular formula is C24H29N3O2. The van der Waals surface area contributed by atoms with Gasteiger partial charge in [0.1, 0.15) is 11.4 Å². The predicted molar refractivity (Wildman–Crippen MR) is 114 cm³/mol. The molecule has 0 bridgehead atoms. The minimum Gasteiger partial charge on any atom is -0.497 e. The van der Waals surface area contributed by atoms with Crippen LogP contribution in [0.2, 0.25) is 0 Å². The summed E-state index contributed by atoms with van der Waals surface area (Å²) in [4.78, 5) is 17.6. The Morgan fingerprint density at radius 1 is 1.24 bits per heavy atom. The Morgan fingerprint density at radius 2 is 2.07 bits per heavy atom. The number of methoxy groups -OCH3 is 1. The summed E-state index contributed by atoms with van der Waals surface area (Å²) in [5, 5.41) is 3.27. The number of imidazole rings is 1. The highest BCUT2D eigenvalue weighted by Crippen LogP contribution is 2.31. The van der Waals surface area contributed by atoms with Crippen LogP contribution in [0, 0.1) is 6.92 Å². The molecule has 1 aromatic carbocycles. The zero-order chi connectivity index (χ0) is 20.2. The third kappa shape index (κ3) is 4.29. The highest BCUT2D eigenvalue weighted by atomic mass is 16.5. The monoisotopic (exact) mass is 391 g/mol. The van der Waals surface area contributed by atoms with Gasteiger partial charge in [-0.15, -0.1) is 0 Å². The molecule has 152 valence electrons. The van der Waals surface area contributed by atoms with Crippen LogP contribution >= 0.6 is 0 Å². The molecule has 1 N–H and O–H groups in total. The molecule has 2 heterocycles. The fourth-order valence-electron chi connectivity index (χ4n) is 4.40. The first-order chi connectivity index (χ1) is 14.2. The van der Waals surface area contributed by atoms with Crippen molar-refractivity contribution in [3.8, 4) is 5.75 Å². The standard InChI is InChI=1S/C24H29N3O2/c1-17-8-7-13-27-22(16-25-24(17)27)21(18-9-6-12-20(14-18)29-2)15-23(28)26-19-10-4-3-5-11-19/h6-9,12-14,16,19,21H,3-5,10-11,15H2,1-2H3,(H,26,28). The number of hydrogen-bond acceptors (Lipinski definition) is 3. The first-order valence-electron chi connectivity index (χ1n) is 10.5. The summed E-state index contributed by atoms with van der Waals surface area (Å²) in [6.45, 7) is 2.06. The van der Waals surface area contributed by atoms with E-state index in [1.807, 2.05) is 36.7 Å². The predicted octanol–water partition coefficient (Wildman–Crippen LogP) is 4.62. The number of benzene rings is 1. The molecule has 2 aromatic heterocycles. The van der Waals surface area contributed by atoms with Crippen molar-refractivity contribution in [2.75, 3.05) is 7.11 Å². The van der Waals surface area contributed by atoms with Gasteiger partial charge in [0.2, 0.25) is 5.91 Å². The molecule has 1 amide bonds. The number of nitrogens with zero attached hydrogens (tertiary/aromatic N) is 2. The van der Waals surface area contributed by atoms with Crippen LogP contribution in [0.3, 0.4) is 0 Å². The van der Waals surface area contributed by atoms with Gasteiger partial charge in [0, 0.05) is 30.8 Å². The van der Waals surface area contributed by atoms with Gasteiger partial charge in [-0.3, -0.25) is 4.79 Å². The number of amides is 1. The second-order valence-electron chi connectivity index (χ2n) is 8.00. The number of fused-ring (bicyclic) bond motifs is 1. The molecule has 1 aliphatic rings. The van der Waals surface area contributed by atoms with Crippen molar-refractivity contribution in [1.82, 2.24) is 14.7 Å². The molecule has 0 saturated heterocycles. The number of aromatic nitrogens is 2. The Bertz CT molecular complexity index is 989. The maximum atomic E-state index is 13.0. The lowest BCUT2D eigenvalue weighted by atomic mass is 9.91. The Morgan fingerprint density at radius 3 is 2.86 bits per heavy atom. The number of carbonyl (C=O) groups is 1. The van der Waals surface area contributed by atoms with Crippen LogP contribution in [0.4, 0.5) is 0 Å². The summed E-state index contributed by atoms with van der Waals surface area (Å²) in [6.07, 6.45) is 10.2. The first kappa shape index (κ1) is 19.5. The largest absolute Gasteiger partial charge is 0.497 e. The van der Waals surface area contributed by atoms with Crippen molar-refractivity contribution >= 4 is 11.6 Å². The van der Waals surface area contributed by atoms with E-state index in [0.717, 1.165) is 41.1 Å². The van der Waals surface area contributed by atoms with Gasteiger partial charge < -0.3 is 14.5 Å². The second-order valence-corrected chi connectivity index (χ2v) is 8.00. The summed E-state index contributed by atoms with van der Waals surface area (Å²) in [5.41, 5.74) is 4.14. The average Bonchev–Trinajstić information content (AvgIpc) is 3.18. The highest BCUT2D eigenvalue weighted by molar-refractivity contribution is 5.78. The highest BCUT2D eigenvalue weighted by Gasteiger charge is 2.24. The Balaban J connectivity index is 1.67. The zero-order valence-corrected chi connectivity index (χ0v) is 17.2. The van der Waals surface area contributed by atoms with Crippen LogP contribution in [0.5, 0.6) is 5.75 Å². The van der Waals surface area contributed by atoms with Crippen molar-refractivity contribution in [1.29, 1.82) is 0 Å². The maximum Gasteiger partial charge on any atom is 0.221 e. The van der Waals surface area contributed by atoms with E-state index in [2.05, 4.69) is 33.8 Å². The van der Waals surface area contributed by atoms with E-state index in [1.165, 1.54) is 19.3 Å². The number of ether oxygens (including phenoxy) is 1. The van der Waals surface area contributed by atoms with Gasteiger partial charge in [0.15, 0.2) is 0 Å². The summed E-state index contributed by atoms with van der Waals surface area (Å²) in [7, 11) is 1.67. The molecule has 0 aliphatic heterocycles. The lowest BCUT2D eigenvalue weighted by Crippen LogP contribution is -2.37. The molecule has 1 aliphatic carbocycles. The van der Waals surface area contributed by atoms with Crippen molar-refractivity contribution in [3.63, 3.8) is 0 Å². The number of hydrogen-bond donors (Lipinski definition) is 1. The summed E-state index contributed by atoms with van der Waals surface area (Å²) in [5.74, 6) is 0.808. The molecule has 1 atom stereocenters. The maximum absolute atomic E-state index is 13.0. The van der Waals surface area contributed by atoms with E-state index >= 15 is 0 Å². The third-order valence-corrected chi connectivity index (χ3v) is 5.97. The number of aryl methyl sites for hydroxylation is 1. The summed E-state index contributed by atoms with van der Waals surface area (Å²) in [6, 6.07) is 12.4. The van der Waals surface area contributed by atoms with E-state index in [4.69, 9.17) is 4.74 Å². The van der Waals surface area contributed by atoms with Crippen LogP contribution in [0.15, 0.2) is 48.8 Å². The molecule has 4 rings (SSSR count). The number of rotatable bonds is 6. The van der Waals surface area contributed by atoms with E-state index in [1.54, 1.807) is 7.11 Å². The molecule has 5 nitrogen and oxygen atoms in total. The SMILES string of the molecule is COc1cccc(C(CC(=O)NC2CCCCC2)c2cnc3c(C)cccn23)c1. The molecular weight excluding hydrogens is 362 g/mol. The number of carbonyl (C=O) groups excluding carboxylic acids is 1. The van der Waals surface area contributed by atoms with Crippen LogP contribution in [0.25, 0.3) is 5.65 Å². The molecule has 0 radical (unpaired) electrons. The van der Waals surface area contributed by atoms with E-state index in [0.29, 0.717) is 12.5 Å².